The molecule has 21 heavy (non-hydrogen) atoms. The zero-order valence-electron chi connectivity index (χ0n) is 12.4. The molecule has 0 fully saturated rings. The third kappa shape index (κ3) is 4.06. The number of aromatic nitrogens is 2. The van der Waals surface area contributed by atoms with Crippen molar-refractivity contribution in [2.24, 2.45) is 0 Å². The normalized spacial score (nSPS) is 10.5. The molecule has 2 rings (SSSR count). The number of hydrogen-bond donors (Lipinski definition) is 1. The van der Waals surface area contributed by atoms with E-state index in [2.05, 4.69) is 15.3 Å². The van der Waals surface area contributed by atoms with Crippen molar-refractivity contribution < 1.29 is 4.74 Å². The highest BCUT2D eigenvalue weighted by atomic mass is 35.5. The van der Waals surface area contributed by atoms with Gasteiger partial charge >= 0.3 is 0 Å². The van der Waals surface area contributed by atoms with Crippen LogP contribution in [-0.2, 0) is 17.9 Å². The van der Waals surface area contributed by atoms with E-state index in [0.29, 0.717) is 19.0 Å². The summed E-state index contributed by atoms with van der Waals surface area (Å²) in [6, 6.07) is 9.70. The van der Waals surface area contributed by atoms with Crippen LogP contribution in [0.15, 0.2) is 30.3 Å². The minimum Gasteiger partial charge on any atom is -0.377 e. The minimum absolute atomic E-state index is 0.377. The molecular formula is C15H19ClN4O. The maximum atomic E-state index is 6.20. The summed E-state index contributed by atoms with van der Waals surface area (Å²) >= 11 is 6.20. The van der Waals surface area contributed by atoms with E-state index in [9.17, 15) is 0 Å². The molecule has 0 saturated heterocycles. The molecule has 0 atom stereocenters. The fourth-order valence-electron chi connectivity index (χ4n) is 1.96. The standard InChI is InChI=1S/C15H19ClN4O/c1-17-13-8-15(19-14(18-13)10-21-3)20(2)9-11-6-4-5-7-12(11)16/h4-8H,9-10H2,1-3H3,(H,17,18,19). The van der Waals surface area contributed by atoms with Gasteiger partial charge in [-0.25, -0.2) is 9.97 Å². The second kappa shape index (κ2) is 7.24. The monoisotopic (exact) mass is 306 g/mol. The summed E-state index contributed by atoms with van der Waals surface area (Å²) in [4.78, 5) is 10.9. The molecule has 0 spiro atoms. The number of halogens is 1. The maximum Gasteiger partial charge on any atom is 0.158 e. The van der Waals surface area contributed by atoms with Crippen LogP contribution in [0.4, 0.5) is 11.6 Å². The fraction of sp³-hybridized carbons (Fsp3) is 0.333. The number of ether oxygens (including phenoxy) is 1. The molecule has 5 nitrogen and oxygen atoms in total. The van der Waals surface area contributed by atoms with Crippen molar-refractivity contribution in [1.29, 1.82) is 0 Å². The van der Waals surface area contributed by atoms with E-state index in [1.807, 2.05) is 49.3 Å². The number of hydrogen-bond acceptors (Lipinski definition) is 5. The van der Waals surface area contributed by atoms with Crippen LogP contribution < -0.4 is 10.2 Å². The predicted octanol–water partition coefficient (Wildman–Crippen LogP) is 2.95. The Morgan fingerprint density at radius 2 is 2.05 bits per heavy atom. The molecule has 112 valence electrons. The van der Waals surface area contributed by atoms with E-state index in [1.165, 1.54) is 0 Å². The molecule has 0 bridgehead atoms. The Morgan fingerprint density at radius 1 is 1.29 bits per heavy atom. The average Bonchev–Trinajstić information content (AvgIpc) is 2.49. The summed E-state index contributed by atoms with van der Waals surface area (Å²) < 4.78 is 5.11. The zero-order valence-corrected chi connectivity index (χ0v) is 13.2. The van der Waals surface area contributed by atoms with Crippen LogP contribution in [0.1, 0.15) is 11.4 Å². The van der Waals surface area contributed by atoms with Crippen molar-refractivity contribution in [3.8, 4) is 0 Å². The lowest BCUT2D eigenvalue weighted by molar-refractivity contribution is 0.178. The van der Waals surface area contributed by atoms with Crippen molar-refractivity contribution >= 4 is 23.2 Å². The van der Waals surface area contributed by atoms with Crippen LogP contribution >= 0.6 is 11.6 Å². The van der Waals surface area contributed by atoms with Crippen LogP contribution in [0.2, 0.25) is 5.02 Å². The summed E-state index contributed by atoms with van der Waals surface area (Å²) in [7, 11) is 5.43. The van der Waals surface area contributed by atoms with Gasteiger partial charge in [0.25, 0.3) is 0 Å². The molecule has 0 aliphatic carbocycles. The number of nitrogens with one attached hydrogen (secondary N) is 1. The van der Waals surface area contributed by atoms with Gasteiger partial charge in [-0.3, -0.25) is 0 Å². The smallest absolute Gasteiger partial charge is 0.158 e. The van der Waals surface area contributed by atoms with Gasteiger partial charge in [-0.2, -0.15) is 0 Å². The number of benzene rings is 1. The fourth-order valence-corrected chi connectivity index (χ4v) is 2.16. The van der Waals surface area contributed by atoms with Crippen molar-refractivity contribution in [2.75, 3.05) is 31.4 Å². The molecular weight excluding hydrogens is 288 g/mol. The van der Waals surface area contributed by atoms with Gasteiger partial charge in [0.2, 0.25) is 0 Å². The van der Waals surface area contributed by atoms with Crippen LogP contribution in [0, 0.1) is 0 Å². The van der Waals surface area contributed by atoms with Crippen LogP contribution in [0.25, 0.3) is 0 Å². The summed E-state index contributed by atoms with van der Waals surface area (Å²) in [5, 5.41) is 3.79. The first-order valence-corrected chi connectivity index (χ1v) is 7.01. The largest absolute Gasteiger partial charge is 0.377 e. The first-order chi connectivity index (χ1) is 10.1. The van der Waals surface area contributed by atoms with Gasteiger partial charge in [0.05, 0.1) is 0 Å². The van der Waals surface area contributed by atoms with Crippen molar-refractivity contribution in [1.82, 2.24) is 9.97 Å². The van der Waals surface area contributed by atoms with E-state index < -0.39 is 0 Å². The number of nitrogens with zero attached hydrogens (tertiary/aromatic N) is 3. The molecule has 1 N–H and O–H groups in total. The highest BCUT2D eigenvalue weighted by molar-refractivity contribution is 6.31. The van der Waals surface area contributed by atoms with Gasteiger partial charge in [0, 0.05) is 38.8 Å². The van der Waals surface area contributed by atoms with Crippen molar-refractivity contribution in [2.45, 2.75) is 13.2 Å². The first kappa shape index (κ1) is 15.5. The number of methoxy groups -OCH3 is 1. The number of anilines is 2. The Morgan fingerprint density at radius 3 is 2.71 bits per heavy atom. The third-order valence-corrected chi connectivity index (χ3v) is 3.41. The van der Waals surface area contributed by atoms with E-state index in [0.717, 1.165) is 22.2 Å². The second-order valence-electron chi connectivity index (χ2n) is 4.66. The Kier molecular flexibility index (Phi) is 5.36. The Balaban J connectivity index is 2.23. The van der Waals surface area contributed by atoms with Gasteiger partial charge < -0.3 is 15.0 Å². The predicted molar refractivity (Wildman–Crippen MR) is 85.9 cm³/mol. The van der Waals surface area contributed by atoms with E-state index >= 15 is 0 Å². The third-order valence-electron chi connectivity index (χ3n) is 3.04. The van der Waals surface area contributed by atoms with Gasteiger partial charge in [-0.1, -0.05) is 29.8 Å². The lowest BCUT2D eigenvalue weighted by Crippen LogP contribution is -2.19. The van der Waals surface area contributed by atoms with Gasteiger partial charge in [-0.15, -0.1) is 0 Å². The maximum absolute atomic E-state index is 6.20. The van der Waals surface area contributed by atoms with E-state index in [4.69, 9.17) is 16.3 Å². The molecule has 1 aromatic carbocycles. The molecule has 0 unspecified atom stereocenters. The van der Waals surface area contributed by atoms with Gasteiger partial charge in [0.15, 0.2) is 5.82 Å². The summed E-state index contributed by atoms with van der Waals surface area (Å²) in [5.74, 6) is 2.23. The quantitative estimate of drug-likeness (QED) is 0.889. The molecule has 2 aromatic rings. The van der Waals surface area contributed by atoms with E-state index in [1.54, 1.807) is 7.11 Å². The summed E-state index contributed by atoms with van der Waals surface area (Å²) in [6.07, 6.45) is 0. The Labute approximate surface area is 129 Å². The second-order valence-corrected chi connectivity index (χ2v) is 5.07. The van der Waals surface area contributed by atoms with Gasteiger partial charge in [-0.05, 0) is 11.6 Å². The summed E-state index contributed by atoms with van der Waals surface area (Å²) in [5.41, 5.74) is 1.06. The van der Waals surface area contributed by atoms with Crippen LogP contribution in [0.5, 0.6) is 0 Å². The van der Waals surface area contributed by atoms with Crippen molar-refractivity contribution in [3.63, 3.8) is 0 Å². The molecule has 0 saturated carbocycles. The highest BCUT2D eigenvalue weighted by Gasteiger charge is 2.10. The molecule has 0 amide bonds. The van der Waals surface area contributed by atoms with Crippen LogP contribution in [-0.4, -0.2) is 31.2 Å². The van der Waals surface area contributed by atoms with Crippen molar-refractivity contribution in [3.05, 3.63) is 46.7 Å². The molecule has 0 aliphatic rings. The van der Waals surface area contributed by atoms with Gasteiger partial charge in [0.1, 0.15) is 18.2 Å². The summed E-state index contributed by atoms with van der Waals surface area (Å²) in [6.45, 7) is 1.05. The lowest BCUT2D eigenvalue weighted by atomic mass is 10.2. The lowest BCUT2D eigenvalue weighted by Gasteiger charge is -2.20. The Bertz CT molecular complexity index is 606. The molecule has 6 heteroatoms. The topological polar surface area (TPSA) is 50.3 Å². The molecule has 1 heterocycles. The molecule has 0 radical (unpaired) electrons. The number of rotatable bonds is 6. The Hall–Kier alpha value is -1.85. The average molecular weight is 307 g/mol. The zero-order chi connectivity index (χ0) is 15.2. The van der Waals surface area contributed by atoms with E-state index in [-0.39, 0.29) is 0 Å². The highest BCUT2D eigenvalue weighted by Crippen LogP contribution is 2.21. The molecule has 1 aromatic heterocycles. The molecule has 0 aliphatic heterocycles. The van der Waals surface area contributed by atoms with Crippen LogP contribution in [0.3, 0.4) is 0 Å². The first-order valence-electron chi connectivity index (χ1n) is 6.63. The minimum atomic E-state index is 0.377. The SMILES string of the molecule is CNc1cc(N(C)Cc2ccccc2Cl)nc(COC)n1.